The zero-order valence-corrected chi connectivity index (χ0v) is 13.2. The second kappa shape index (κ2) is 5.37. The number of hydrogen-bond acceptors (Lipinski definition) is 0. The summed E-state index contributed by atoms with van der Waals surface area (Å²) in [5.41, 5.74) is 11.3. The maximum atomic E-state index is 4.02. The van der Waals surface area contributed by atoms with Crippen LogP contribution < -0.4 is 0 Å². The van der Waals surface area contributed by atoms with Crippen molar-refractivity contribution in [1.29, 1.82) is 0 Å². The second-order valence-corrected chi connectivity index (χ2v) is 5.68. The van der Waals surface area contributed by atoms with Crippen molar-refractivity contribution in [3.05, 3.63) is 82.5 Å². The zero-order chi connectivity index (χ0) is 15.0. The zero-order valence-electron chi connectivity index (χ0n) is 13.2. The minimum atomic E-state index is 1.02. The molecule has 21 heavy (non-hydrogen) atoms. The van der Waals surface area contributed by atoms with Crippen molar-refractivity contribution in [3.8, 4) is 0 Å². The van der Waals surface area contributed by atoms with Crippen LogP contribution in [0.1, 0.15) is 43.0 Å². The van der Waals surface area contributed by atoms with Gasteiger partial charge < -0.3 is 0 Å². The summed E-state index contributed by atoms with van der Waals surface area (Å²) < 4.78 is 0. The summed E-state index contributed by atoms with van der Waals surface area (Å²) in [5, 5.41) is 0. The van der Waals surface area contributed by atoms with Gasteiger partial charge in [-0.2, -0.15) is 0 Å². The van der Waals surface area contributed by atoms with E-state index >= 15 is 0 Å². The third-order valence-electron chi connectivity index (χ3n) is 4.57. The first-order valence-electron chi connectivity index (χ1n) is 7.70. The standard InChI is InChI=1S/C21H22/c1-5-9-15-11-17-13-20-16(12-21(17)19(15)8-4)10-14(6-2)18(20)7-3/h5-9,12-13H,4,10-11H2,1-3H3/b9-5-,14-6-,18-7+. The molecule has 0 N–H and O–H groups in total. The molecule has 0 unspecified atom stereocenters. The molecular weight excluding hydrogens is 252 g/mol. The molecule has 106 valence electrons. The van der Waals surface area contributed by atoms with Crippen LogP contribution in [0.3, 0.4) is 0 Å². The maximum Gasteiger partial charge on any atom is -0.00134 e. The molecule has 0 aliphatic heterocycles. The van der Waals surface area contributed by atoms with Gasteiger partial charge >= 0.3 is 0 Å². The SMILES string of the molecule is C=CC1=C(/C=C\C)Cc2cc3c(cc21)CC(=C/C)/C3=C\C. The number of rotatable bonds is 2. The van der Waals surface area contributed by atoms with E-state index in [1.54, 1.807) is 0 Å². The Morgan fingerprint density at radius 2 is 1.67 bits per heavy atom. The Hall–Kier alpha value is -2.08. The molecule has 0 saturated carbocycles. The van der Waals surface area contributed by atoms with E-state index in [4.69, 9.17) is 0 Å². The van der Waals surface area contributed by atoms with Gasteiger partial charge in [0.1, 0.15) is 0 Å². The molecule has 0 heterocycles. The first-order chi connectivity index (χ1) is 10.2. The van der Waals surface area contributed by atoms with Crippen molar-refractivity contribution in [2.75, 3.05) is 0 Å². The lowest BCUT2D eigenvalue weighted by Gasteiger charge is -2.07. The van der Waals surface area contributed by atoms with Crippen molar-refractivity contribution in [1.82, 2.24) is 0 Å². The molecule has 0 aromatic heterocycles. The quantitative estimate of drug-likeness (QED) is 0.652. The fraction of sp³-hybridized carbons (Fsp3) is 0.238. The average molecular weight is 274 g/mol. The van der Waals surface area contributed by atoms with Gasteiger partial charge in [0.25, 0.3) is 0 Å². The minimum absolute atomic E-state index is 1.02. The third-order valence-corrected chi connectivity index (χ3v) is 4.57. The highest BCUT2D eigenvalue weighted by Crippen LogP contribution is 2.43. The highest BCUT2D eigenvalue weighted by atomic mass is 14.3. The molecule has 3 rings (SSSR count). The lowest BCUT2D eigenvalue weighted by molar-refractivity contribution is 1.21. The van der Waals surface area contributed by atoms with Gasteiger partial charge in [-0.05, 0) is 90.3 Å². The molecular formula is C21H22. The van der Waals surface area contributed by atoms with E-state index in [2.05, 4.69) is 63.8 Å². The van der Waals surface area contributed by atoms with Crippen LogP contribution in [0.25, 0.3) is 11.1 Å². The van der Waals surface area contributed by atoms with Gasteiger partial charge in [-0.15, -0.1) is 0 Å². The molecule has 0 saturated heterocycles. The maximum absolute atomic E-state index is 4.02. The van der Waals surface area contributed by atoms with Gasteiger partial charge in [-0.3, -0.25) is 0 Å². The Morgan fingerprint density at radius 3 is 2.29 bits per heavy atom. The monoisotopic (exact) mass is 274 g/mol. The summed E-state index contributed by atoms with van der Waals surface area (Å²) in [7, 11) is 0. The summed E-state index contributed by atoms with van der Waals surface area (Å²) in [5.74, 6) is 0. The lowest BCUT2D eigenvalue weighted by Crippen LogP contribution is -1.90. The largest absolute Gasteiger partial charge is 0.0984 e. The van der Waals surface area contributed by atoms with E-state index in [-0.39, 0.29) is 0 Å². The van der Waals surface area contributed by atoms with Crippen molar-refractivity contribution in [3.63, 3.8) is 0 Å². The number of fused-ring (bicyclic) bond motifs is 2. The van der Waals surface area contributed by atoms with Crippen molar-refractivity contribution < 1.29 is 0 Å². The molecule has 0 fully saturated rings. The van der Waals surface area contributed by atoms with Gasteiger partial charge in [0.15, 0.2) is 0 Å². The Bertz CT molecular complexity index is 734. The van der Waals surface area contributed by atoms with Crippen LogP contribution in [0.15, 0.2) is 60.2 Å². The van der Waals surface area contributed by atoms with E-state index in [0.717, 1.165) is 12.8 Å². The van der Waals surface area contributed by atoms with Crippen LogP contribution >= 0.6 is 0 Å². The lowest BCUT2D eigenvalue weighted by atomic mass is 9.97. The normalized spacial score (nSPS) is 20.7. The molecule has 0 bridgehead atoms. The Balaban J connectivity index is 2.16. The highest BCUT2D eigenvalue weighted by Gasteiger charge is 2.25. The van der Waals surface area contributed by atoms with E-state index in [9.17, 15) is 0 Å². The Kier molecular flexibility index (Phi) is 3.55. The molecule has 0 radical (unpaired) electrons. The molecule has 0 spiro atoms. The molecule has 0 heteroatoms. The molecule has 0 atom stereocenters. The Labute approximate surface area is 127 Å². The van der Waals surface area contributed by atoms with Crippen LogP contribution in [0.4, 0.5) is 0 Å². The van der Waals surface area contributed by atoms with Crippen LogP contribution in [-0.2, 0) is 12.8 Å². The highest BCUT2D eigenvalue weighted by molar-refractivity contribution is 5.91. The smallest absolute Gasteiger partial charge is 0.00134 e. The summed E-state index contributed by atoms with van der Waals surface area (Å²) in [6, 6.07) is 4.79. The molecule has 2 aliphatic rings. The second-order valence-electron chi connectivity index (χ2n) is 5.68. The van der Waals surface area contributed by atoms with Crippen LogP contribution in [0.5, 0.6) is 0 Å². The molecule has 0 nitrogen and oxygen atoms in total. The van der Waals surface area contributed by atoms with Gasteiger partial charge in [0.05, 0.1) is 0 Å². The van der Waals surface area contributed by atoms with Crippen LogP contribution in [0, 0.1) is 0 Å². The number of allylic oxidation sites excluding steroid dienone is 9. The fourth-order valence-corrected chi connectivity index (χ4v) is 3.62. The number of benzene rings is 1. The molecule has 1 aromatic rings. The van der Waals surface area contributed by atoms with E-state index < -0.39 is 0 Å². The first kappa shape index (κ1) is 13.9. The van der Waals surface area contributed by atoms with E-state index in [1.807, 2.05) is 6.08 Å². The van der Waals surface area contributed by atoms with Gasteiger partial charge in [-0.1, -0.05) is 37.0 Å². The predicted molar refractivity (Wildman–Crippen MR) is 93.2 cm³/mol. The third kappa shape index (κ3) is 2.06. The van der Waals surface area contributed by atoms with Crippen LogP contribution in [-0.4, -0.2) is 0 Å². The minimum Gasteiger partial charge on any atom is -0.0984 e. The van der Waals surface area contributed by atoms with Crippen molar-refractivity contribution in [2.45, 2.75) is 33.6 Å². The summed E-state index contributed by atoms with van der Waals surface area (Å²) in [6.07, 6.45) is 12.9. The Morgan fingerprint density at radius 1 is 0.952 bits per heavy atom. The molecule has 1 aromatic carbocycles. The van der Waals surface area contributed by atoms with Gasteiger partial charge in [-0.25, -0.2) is 0 Å². The van der Waals surface area contributed by atoms with Gasteiger partial charge in [0.2, 0.25) is 0 Å². The summed E-state index contributed by atoms with van der Waals surface area (Å²) >= 11 is 0. The summed E-state index contributed by atoms with van der Waals surface area (Å²) in [6.45, 7) is 10.4. The van der Waals surface area contributed by atoms with Crippen LogP contribution in [0.2, 0.25) is 0 Å². The topological polar surface area (TPSA) is 0 Å². The first-order valence-corrected chi connectivity index (χ1v) is 7.70. The number of hydrogen-bond donors (Lipinski definition) is 0. The molecule has 2 aliphatic carbocycles. The van der Waals surface area contributed by atoms with E-state index in [0.29, 0.717) is 0 Å². The van der Waals surface area contributed by atoms with Crippen molar-refractivity contribution >= 4 is 11.1 Å². The predicted octanol–water partition coefficient (Wildman–Crippen LogP) is 5.66. The molecule has 0 amide bonds. The van der Waals surface area contributed by atoms with Gasteiger partial charge in [0, 0.05) is 0 Å². The van der Waals surface area contributed by atoms with E-state index in [1.165, 1.54) is 44.5 Å². The average Bonchev–Trinajstić information content (AvgIpc) is 3.01. The fourth-order valence-electron chi connectivity index (χ4n) is 3.62. The van der Waals surface area contributed by atoms with Crippen molar-refractivity contribution in [2.24, 2.45) is 0 Å². The summed E-state index contributed by atoms with van der Waals surface area (Å²) in [4.78, 5) is 0.